The Morgan fingerprint density at radius 2 is 1.87 bits per heavy atom. The van der Waals surface area contributed by atoms with Gasteiger partial charge in [0.15, 0.2) is 0 Å². The van der Waals surface area contributed by atoms with Crippen molar-refractivity contribution in [3.8, 4) is 0 Å². The third kappa shape index (κ3) is 5.50. The molecule has 0 saturated carbocycles. The lowest BCUT2D eigenvalue weighted by Crippen LogP contribution is -2.34. The Bertz CT molecular complexity index is 629. The highest BCUT2D eigenvalue weighted by atomic mass is 32.1. The molecule has 23 heavy (non-hydrogen) atoms. The molecule has 0 aliphatic carbocycles. The highest BCUT2D eigenvalue weighted by Gasteiger charge is 2.20. The van der Waals surface area contributed by atoms with Crippen molar-refractivity contribution in [3.05, 3.63) is 58.3 Å². The largest absolute Gasteiger partial charge is 0.386 e. The van der Waals surface area contributed by atoms with E-state index in [-0.39, 0.29) is 25.3 Å². The zero-order valence-electron chi connectivity index (χ0n) is 12.7. The molecule has 0 aliphatic heterocycles. The van der Waals surface area contributed by atoms with Crippen LogP contribution in [0, 0.1) is 0 Å². The van der Waals surface area contributed by atoms with E-state index in [2.05, 4.69) is 0 Å². The predicted octanol–water partition coefficient (Wildman–Crippen LogP) is 2.08. The summed E-state index contributed by atoms with van der Waals surface area (Å²) in [4.78, 5) is 25.6. The fourth-order valence-corrected chi connectivity index (χ4v) is 2.93. The number of aliphatic hydroxyl groups is 1. The fourth-order valence-electron chi connectivity index (χ4n) is 2.23. The molecular weight excluding hydrogens is 312 g/mol. The number of rotatable bonds is 8. The molecule has 2 aromatic rings. The van der Waals surface area contributed by atoms with E-state index < -0.39 is 12.0 Å². The van der Waals surface area contributed by atoms with Crippen LogP contribution in [0.2, 0.25) is 0 Å². The lowest BCUT2D eigenvalue weighted by atomic mass is 10.1. The van der Waals surface area contributed by atoms with Crippen LogP contribution in [-0.4, -0.2) is 28.4 Å². The molecule has 2 amide bonds. The molecule has 0 fully saturated rings. The number of carbonyl (C=O) groups is 2. The first kappa shape index (κ1) is 17.2. The third-order valence-corrected chi connectivity index (χ3v) is 4.39. The Balaban J connectivity index is 2.06. The Morgan fingerprint density at radius 3 is 2.48 bits per heavy atom. The van der Waals surface area contributed by atoms with Gasteiger partial charge in [0, 0.05) is 24.3 Å². The van der Waals surface area contributed by atoms with Gasteiger partial charge in [-0.1, -0.05) is 36.4 Å². The van der Waals surface area contributed by atoms with Gasteiger partial charge >= 0.3 is 0 Å². The Labute approximate surface area is 139 Å². The van der Waals surface area contributed by atoms with E-state index in [0.717, 1.165) is 10.4 Å². The van der Waals surface area contributed by atoms with Crippen LogP contribution in [0.3, 0.4) is 0 Å². The summed E-state index contributed by atoms with van der Waals surface area (Å²) in [5, 5.41) is 12.2. The van der Waals surface area contributed by atoms with E-state index in [0.29, 0.717) is 6.54 Å². The first-order valence-corrected chi connectivity index (χ1v) is 8.25. The SMILES string of the molecule is NC(=O)CCC(=O)N(Cc1ccccc1)CC(O)c1cccs1. The second-order valence-electron chi connectivity index (χ2n) is 5.26. The van der Waals surface area contributed by atoms with Crippen molar-refractivity contribution in [2.24, 2.45) is 5.73 Å². The van der Waals surface area contributed by atoms with Gasteiger partial charge < -0.3 is 15.7 Å². The van der Waals surface area contributed by atoms with Gasteiger partial charge in [0.05, 0.1) is 6.54 Å². The van der Waals surface area contributed by atoms with E-state index in [4.69, 9.17) is 5.73 Å². The van der Waals surface area contributed by atoms with Crippen LogP contribution in [0.1, 0.15) is 29.4 Å². The van der Waals surface area contributed by atoms with Gasteiger partial charge in [-0.25, -0.2) is 0 Å². The summed E-state index contributed by atoms with van der Waals surface area (Å²) in [6.07, 6.45) is -0.672. The highest BCUT2D eigenvalue weighted by Crippen LogP contribution is 2.21. The summed E-state index contributed by atoms with van der Waals surface area (Å²) in [5.41, 5.74) is 6.09. The molecule has 0 aliphatic rings. The van der Waals surface area contributed by atoms with E-state index in [1.807, 2.05) is 47.8 Å². The number of hydrogen-bond acceptors (Lipinski definition) is 4. The van der Waals surface area contributed by atoms with Gasteiger partial charge in [-0.05, 0) is 17.0 Å². The van der Waals surface area contributed by atoms with E-state index in [9.17, 15) is 14.7 Å². The van der Waals surface area contributed by atoms with Crippen molar-refractivity contribution in [1.82, 2.24) is 4.90 Å². The molecule has 1 atom stereocenters. The van der Waals surface area contributed by atoms with Crippen LogP contribution in [-0.2, 0) is 16.1 Å². The van der Waals surface area contributed by atoms with E-state index >= 15 is 0 Å². The van der Waals surface area contributed by atoms with Gasteiger partial charge in [-0.15, -0.1) is 11.3 Å². The second-order valence-corrected chi connectivity index (χ2v) is 6.24. The maximum absolute atomic E-state index is 12.4. The molecule has 0 saturated heterocycles. The molecule has 122 valence electrons. The van der Waals surface area contributed by atoms with Crippen LogP contribution < -0.4 is 5.73 Å². The van der Waals surface area contributed by atoms with Crippen molar-refractivity contribution >= 4 is 23.2 Å². The van der Waals surface area contributed by atoms with Gasteiger partial charge in [0.25, 0.3) is 0 Å². The minimum atomic E-state index is -0.740. The van der Waals surface area contributed by atoms with Gasteiger partial charge in [0.1, 0.15) is 6.10 Å². The summed E-state index contributed by atoms with van der Waals surface area (Å²) in [6.45, 7) is 0.577. The standard InChI is InChI=1S/C17H20N2O3S/c18-16(21)8-9-17(22)19(11-13-5-2-1-3-6-13)12-14(20)15-7-4-10-23-15/h1-7,10,14,20H,8-9,11-12H2,(H2,18,21). The van der Waals surface area contributed by atoms with Crippen LogP contribution in [0.5, 0.6) is 0 Å². The zero-order valence-corrected chi connectivity index (χ0v) is 13.5. The molecule has 0 radical (unpaired) electrons. The van der Waals surface area contributed by atoms with Crippen molar-refractivity contribution in [2.45, 2.75) is 25.5 Å². The zero-order chi connectivity index (χ0) is 16.7. The summed E-state index contributed by atoms with van der Waals surface area (Å²) < 4.78 is 0. The Kier molecular flexibility index (Phi) is 6.31. The van der Waals surface area contributed by atoms with E-state index in [1.165, 1.54) is 11.3 Å². The lowest BCUT2D eigenvalue weighted by Gasteiger charge is -2.25. The van der Waals surface area contributed by atoms with Crippen LogP contribution in [0.4, 0.5) is 0 Å². The van der Waals surface area contributed by atoms with Gasteiger partial charge in [-0.3, -0.25) is 9.59 Å². The highest BCUT2D eigenvalue weighted by molar-refractivity contribution is 7.10. The molecule has 1 aromatic heterocycles. The summed E-state index contributed by atoms with van der Waals surface area (Å²) in [6, 6.07) is 13.2. The lowest BCUT2D eigenvalue weighted by molar-refractivity contribution is -0.135. The summed E-state index contributed by atoms with van der Waals surface area (Å²) in [5.74, 6) is -0.694. The summed E-state index contributed by atoms with van der Waals surface area (Å²) >= 11 is 1.45. The van der Waals surface area contributed by atoms with Gasteiger partial charge in [-0.2, -0.15) is 0 Å². The molecule has 0 spiro atoms. The first-order valence-electron chi connectivity index (χ1n) is 7.37. The smallest absolute Gasteiger partial charge is 0.223 e. The van der Waals surface area contributed by atoms with Crippen LogP contribution in [0.25, 0.3) is 0 Å². The molecule has 1 heterocycles. The number of benzene rings is 1. The Morgan fingerprint density at radius 1 is 1.13 bits per heavy atom. The molecule has 5 nitrogen and oxygen atoms in total. The van der Waals surface area contributed by atoms with Crippen LogP contribution >= 0.6 is 11.3 Å². The Hall–Kier alpha value is -2.18. The maximum Gasteiger partial charge on any atom is 0.223 e. The molecule has 2 rings (SSSR count). The van der Waals surface area contributed by atoms with Crippen molar-refractivity contribution in [1.29, 1.82) is 0 Å². The topological polar surface area (TPSA) is 83.6 Å². The normalized spacial score (nSPS) is 11.9. The van der Waals surface area contributed by atoms with Crippen molar-refractivity contribution in [3.63, 3.8) is 0 Å². The van der Waals surface area contributed by atoms with Crippen molar-refractivity contribution in [2.75, 3.05) is 6.54 Å². The first-order chi connectivity index (χ1) is 11.1. The number of aliphatic hydroxyl groups excluding tert-OH is 1. The number of amides is 2. The van der Waals surface area contributed by atoms with E-state index in [1.54, 1.807) is 4.90 Å². The number of hydrogen-bond donors (Lipinski definition) is 2. The number of primary amides is 1. The second kappa shape index (κ2) is 8.45. The molecule has 0 bridgehead atoms. The monoisotopic (exact) mass is 332 g/mol. The molecule has 6 heteroatoms. The minimum Gasteiger partial charge on any atom is -0.386 e. The molecule has 3 N–H and O–H groups in total. The maximum atomic E-state index is 12.4. The number of thiophene rings is 1. The number of carbonyl (C=O) groups excluding carboxylic acids is 2. The van der Waals surface area contributed by atoms with Gasteiger partial charge in [0.2, 0.25) is 11.8 Å². The third-order valence-electron chi connectivity index (χ3n) is 3.42. The minimum absolute atomic E-state index is 0.0131. The molecule has 1 aromatic carbocycles. The fraction of sp³-hybridized carbons (Fsp3) is 0.294. The number of nitrogens with zero attached hydrogens (tertiary/aromatic N) is 1. The quantitative estimate of drug-likeness (QED) is 0.776. The number of nitrogens with two attached hydrogens (primary N) is 1. The van der Waals surface area contributed by atoms with Crippen molar-refractivity contribution < 1.29 is 14.7 Å². The molecular formula is C17H20N2O3S. The predicted molar refractivity (Wildman–Crippen MR) is 89.6 cm³/mol. The van der Waals surface area contributed by atoms with Crippen LogP contribution in [0.15, 0.2) is 47.8 Å². The average molecular weight is 332 g/mol. The molecule has 1 unspecified atom stereocenters. The summed E-state index contributed by atoms with van der Waals surface area (Å²) in [7, 11) is 0. The average Bonchev–Trinajstić information content (AvgIpc) is 3.07.